The molecule has 0 aliphatic rings. The maximum atomic E-state index is 12.3. The van der Waals surface area contributed by atoms with E-state index in [-0.39, 0.29) is 11.7 Å². The number of aromatic nitrogens is 4. The number of nitrogens with zero attached hydrogens (tertiary/aromatic N) is 4. The molecule has 4 aromatic rings. The molecule has 2 heterocycles. The number of para-hydroxylation sites is 1. The Balaban J connectivity index is 1.45. The fourth-order valence-electron chi connectivity index (χ4n) is 3.13. The highest BCUT2D eigenvalue weighted by Gasteiger charge is 2.13. The smallest absolute Gasteiger partial charge is 0.234 e. The highest BCUT2D eigenvalue weighted by Crippen LogP contribution is 2.26. The van der Waals surface area contributed by atoms with Crippen molar-refractivity contribution < 1.29 is 4.79 Å². The van der Waals surface area contributed by atoms with E-state index in [1.807, 2.05) is 60.1 Å². The third-order valence-corrected chi connectivity index (χ3v) is 5.52. The number of hydrogen-bond donors (Lipinski definition) is 1. The minimum Gasteiger partial charge on any atom is -0.327 e. The van der Waals surface area contributed by atoms with E-state index >= 15 is 0 Å². The van der Waals surface area contributed by atoms with Gasteiger partial charge in [-0.05, 0) is 29.7 Å². The molecule has 0 fully saturated rings. The standard InChI is InChI=1S/C21H21N5OS/c1-13(2)14-8-10-15(11-9-14)22-18(27)12-28-21-23-20-19(24-25-21)16-6-4-5-7-17(16)26(20)3/h4-11,13H,12H2,1-3H3,(H,22,27). The molecule has 0 aliphatic carbocycles. The summed E-state index contributed by atoms with van der Waals surface area (Å²) in [4.78, 5) is 16.9. The van der Waals surface area contributed by atoms with Crippen molar-refractivity contribution in [2.24, 2.45) is 7.05 Å². The molecular formula is C21H21N5OS. The van der Waals surface area contributed by atoms with Crippen LogP contribution in [0.5, 0.6) is 0 Å². The first kappa shape index (κ1) is 18.4. The quantitative estimate of drug-likeness (QED) is 0.512. The molecule has 142 valence electrons. The molecule has 2 aromatic heterocycles. The van der Waals surface area contributed by atoms with Gasteiger partial charge in [-0.15, -0.1) is 10.2 Å². The summed E-state index contributed by atoms with van der Waals surface area (Å²) in [6.07, 6.45) is 0. The Bertz CT molecular complexity index is 1150. The lowest BCUT2D eigenvalue weighted by molar-refractivity contribution is -0.113. The van der Waals surface area contributed by atoms with Gasteiger partial charge in [0.05, 0.1) is 11.3 Å². The second-order valence-corrected chi connectivity index (χ2v) is 7.90. The molecule has 28 heavy (non-hydrogen) atoms. The third kappa shape index (κ3) is 3.57. The Morgan fingerprint density at radius 3 is 2.61 bits per heavy atom. The van der Waals surface area contributed by atoms with Crippen LogP contribution in [0.2, 0.25) is 0 Å². The van der Waals surface area contributed by atoms with Gasteiger partial charge >= 0.3 is 0 Å². The fourth-order valence-corrected chi connectivity index (χ4v) is 3.71. The molecule has 0 radical (unpaired) electrons. The first-order valence-corrected chi connectivity index (χ1v) is 10.1. The lowest BCUT2D eigenvalue weighted by Gasteiger charge is -2.08. The Labute approximate surface area is 167 Å². The number of nitrogens with one attached hydrogen (secondary N) is 1. The minimum absolute atomic E-state index is 0.0944. The van der Waals surface area contributed by atoms with Gasteiger partial charge < -0.3 is 9.88 Å². The molecule has 0 saturated heterocycles. The van der Waals surface area contributed by atoms with Gasteiger partial charge in [0.15, 0.2) is 5.65 Å². The minimum atomic E-state index is -0.0944. The predicted molar refractivity (Wildman–Crippen MR) is 114 cm³/mol. The first-order valence-electron chi connectivity index (χ1n) is 9.13. The summed E-state index contributed by atoms with van der Waals surface area (Å²) >= 11 is 1.28. The van der Waals surface area contributed by atoms with Gasteiger partial charge in [0.2, 0.25) is 11.1 Å². The summed E-state index contributed by atoms with van der Waals surface area (Å²) in [6.45, 7) is 4.29. The average Bonchev–Trinajstić information content (AvgIpc) is 2.99. The van der Waals surface area contributed by atoms with E-state index in [0.29, 0.717) is 11.1 Å². The van der Waals surface area contributed by atoms with Gasteiger partial charge in [0.1, 0.15) is 5.52 Å². The molecule has 0 saturated carbocycles. The van der Waals surface area contributed by atoms with E-state index in [1.54, 1.807) is 0 Å². The fraction of sp³-hybridized carbons (Fsp3) is 0.238. The van der Waals surface area contributed by atoms with Gasteiger partial charge in [-0.3, -0.25) is 4.79 Å². The number of anilines is 1. The van der Waals surface area contributed by atoms with E-state index in [2.05, 4.69) is 34.3 Å². The van der Waals surface area contributed by atoms with Crippen LogP contribution < -0.4 is 5.32 Å². The average molecular weight is 392 g/mol. The Morgan fingerprint density at radius 2 is 1.86 bits per heavy atom. The largest absolute Gasteiger partial charge is 0.327 e. The number of carbonyl (C=O) groups excluding carboxylic acids is 1. The Hall–Kier alpha value is -2.93. The van der Waals surface area contributed by atoms with Gasteiger partial charge in [-0.25, -0.2) is 4.98 Å². The molecule has 4 rings (SSSR count). The second kappa shape index (κ2) is 7.59. The number of aryl methyl sites for hydroxylation is 1. The van der Waals surface area contributed by atoms with Crippen LogP contribution in [0.1, 0.15) is 25.3 Å². The zero-order valence-corrected chi connectivity index (χ0v) is 16.8. The highest BCUT2D eigenvalue weighted by molar-refractivity contribution is 7.99. The third-order valence-electron chi connectivity index (χ3n) is 4.68. The van der Waals surface area contributed by atoms with Crippen molar-refractivity contribution in [3.05, 3.63) is 54.1 Å². The van der Waals surface area contributed by atoms with Crippen LogP contribution in [-0.4, -0.2) is 31.4 Å². The molecular weight excluding hydrogens is 370 g/mol. The van der Waals surface area contributed by atoms with Crippen LogP contribution in [0, 0.1) is 0 Å². The van der Waals surface area contributed by atoms with Crippen LogP contribution >= 0.6 is 11.8 Å². The molecule has 0 unspecified atom stereocenters. The van der Waals surface area contributed by atoms with Crippen LogP contribution in [-0.2, 0) is 11.8 Å². The van der Waals surface area contributed by atoms with E-state index in [0.717, 1.165) is 27.8 Å². The van der Waals surface area contributed by atoms with E-state index < -0.39 is 0 Å². The zero-order valence-electron chi connectivity index (χ0n) is 16.0. The van der Waals surface area contributed by atoms with Crippen molar-refractivity contribution >= 4 is 45.4 Å². The molecule has 2 aromatic carbocycles. The number of hydrogen-bond acceptors (Lipinski definition) is 5. The molecule has 1 amide bonds. The molecule has 0 aliphatic heterocycles. The number of benzene rings is 2. The highest BCUT2D eigenvalue weighted by atomic mass is 32.2. The van der Waals surface area contributed by atoms with E-state index in [1.165, 1.54) is 17.3 Å². The number of rotatable bonds is 5. The molecule has 7 heteroatoms. The van der Waals surface area contributed by atoms with Crippen LogP contribution in [0.3, 0.4) is 0 Å². The van der Waals surface area contributed by atoms with Crippen molar-refractivity contribution in [1.82, 2.24) is 19.7 Å². The maximum Gasteiger partial charge on any atom is 0.234 e. The monoisotopic (exact) mass is 391 g/mol. The zero-order chi connectivity index (χ0) is 19.7. The summed E-state index contributed by atoms with van der Waals surface area (Å²) < 4.78 is 2.00. The van der Waals surface area contributed by atoms with Crippen LogP contribution in [0.15, 0.2) is 53.7 Å². The number of fused-ring (bicyclic) bond motifs is 3. The SMILES string of the molecule is CC(C)c1ccc(NC(=O)CSc2nnc3c4ccccc4n(C)c3n2)cc1. The van der Waals surface area contributed by atoms with E-state index in [4.69, 9.17) is 0 Å². The number of thioether (sulfide) groups is 1. The maximum absolute atomic E-state index is 12.3. The van der Waals surface area contributed by atoms with Gasteiger partial charge in [0, 0.05) is 18.1 Å². The van der Waals surface area contributed by atoms with Gasteiger partial charge in [-0.1, -0.05) is 55.9 Å². The van der Waals surface area contributed by atoms with Crippen LogP contribution in [0.4, 0.5) is 5.69 Å². The molecule has 0 bridgehead atoms. The predicted octanol–water partition coefficient (Wildman–Crippen LogP) is 4.37. The molecule has 6 nitrogen and oxygen atoms in total. The van der Waals surface area contributed by atoms with Gasteiger partial charge in [-0.2, -0.15) is 0 Å². The molecule has 0 spiro atoms. The van der Waals surface area contributed by atoms with Crippen molar-refractivity contribution in [2.75, 3.05) is 11.1 Å². The van der Waals surface area contributed by atoms with Crippen molar-refractivity contribution in [2.45, 2.75) is 24.9 Å². The molecule has 1 N–H and O–H groups in total. The second-order valence-electron chi connectivity index (χ2n) is 6.96. The van der Waals surface area contributed by atoms with Gasteiger partial charge in [0.25, 0.3) is 0 Å². The lowest BCUT2D eigenvalue weighted by Crippen LogP contribution is -2.14. The summed E-state index contributed by atoms with van der Waals surface area (Å²) in [5, 5.41) is 12.9. The van der Waals surface area contributed by atoms with E-state index in [9.17, 15) is 4.79 Å². The number of carbonyl (C=O) groups is 1. The summed E-state index contributed by atoms with van der Waals surface area (Å²) in [5.74, 6) is 0.598. The summed E-state index contributed by atoms with van der Waals surface area (Å²) in [5.41, 5.74) is 4.64. The molecule has 0 atom stereocenters. The Kier molecular flexibility index (Phi) is 5.00. The first-order chi connectivity index (χ1) is 13.5. The summed E-state index contributed by atoms with van der Waals surface area (Å²) in [7, 11) is 1.96. The normalized spacial score (nSPS) is 11.4. The van der Waals surface area contributed by atoms with Crippen molar-refractivity contribution in [1.29, 1.82) is 0 Å². The summed E-state index contributed by atoms with van der Waals surface area (Å²) in [6, 6.07) is 15.9. The lowest BCUT2D eigenvalue weighted by atomic mass is 10.0. The van der Waals surface area contributed by atoms with Crippen molar-refractivity contribution in [3.63, 3.8) is 0 Å². The topological polar surface area (TPSA) is 72.7 Å². The number of amides is 1. The van der Waals surface area contributed by atoms with Crippen LogP contribution in [0.25, 0.3) is 22.1 Å². The van der Waals surface area contributed by atoms with Crippen molar-refractivity contribution in [3.8, 4) is 0 Å². The Morgan fingerprint density at radius 1 is 1.11 bits per heavy atom.